The van der Waals surface area contributed by atoms with E-state index in [1.54, 1.807) is 0 Å². The molecule has 0 radical (unpaired) electrons. The molecule has 1 aliphatic carbocycles. The third-order valence-electron chi connectivity index (χ3n) is 13.1. The minimum Gasteiger partial charge on any atom is -0.456 e. The van der Waals surface area contributed by atoms with Crippen molar-refractivity contribution < 1.29 is 4.42 Å². The van der Waals surface area contributed by atoms with Crippen LogP contribution in [0.15, 0.2) is 245 Å². The molecule has 0 fully saturated rings. The van der Waals surface area contributed by atoms with Gasteiger partial charge in [-0.3, -0.25) is 0 Å². The highest BCUT2D eigenvalue weighted by molar-refractivity contribution is 7.99. The van der Waals surface area contributed by atoms with Gasteiger partial charge in [0.2, 0.25) is 0 Å². The number of nitrogens with zero attached hydrogens (tertiary/aromatic N) is 2. The molecule has 1 aromatic heterocycles. The van der Waals surface area contributed by atoms with Gasteiger partial charge in [-0.25, -0.2) is 0 Å². The largest absolute Gasteiger partial charge is 0.456 e. The van der Waals surface area contributed by atoms with Gasteiger partial charge in [-0.15, -0.1) is 0 Å². The summed E-state index contributed by atoms with van der Waals surface area (Å²) in [4.78, 5) is 7.37. The summed E-state index contributed by atoms with van der Waals surface area (Å²) in [5.74, 6) is 0. The number of furan rings is 1. The van der Waals surface area contributed by atoms with Crippen LogP contribution in [0, 0.1) is 0 Å². The molecule has 1 atom stereocenters. The summed E-state index contributed by atoms with van der Waals surface area (Å²) in [6.07, 6.45) is 0. The van der Waals surface area contributed by atoms with E-state index < -0.39 is 5.41 Å². The number of rotatable bonds is 6. The first-order chi connectivity index (χ1) is 31.3. The van der Waals surface area contributed by atoms with Gasteiger partial charge in [0.25, 0.3) is 0 Å². The molecule has 63 heavy (non-hydrogen) atoms. The van der Waals surface area contributed by atoms with Gasteiger partial charge in [0, 0.05) is 49.6 Å². The smallest absolute Gasteiger partial charge is 0.137 e. The summed E-state index contributed by atoms with van der Waals surface area (Å²) in [5.41, 5.74) is 15.4. The molecular formula is C59H38N2OS. The lowest BCUT2D eigenvalue weighted by Gasteiger charge is -2.40. The van der Waals surface area contributed by atoms with Gasteiger partial charge in [0.05, 0.1) is 22.2 Å². The van der Waals surface area contributed by atoms with Crippen molar-refractivity contribution in [3.63, 3.8) is 0 Å². The zero-order valence-electron chi connectivity index (χ0n) is 34.2. The second kappa shape index (κ2) is 14.1. The topological polar surface area (TPSA) is 19.6 Å². The van der Waals surface area contributed by atoms with E-state index in [-0.39, 0.29) is 0 Å². The Morgan fingerprint density at radius 2 is 0.984 bits per heavy atom. The summed E-state index contributed by atoms with van der Waals surface area (Å²) >= 11 is 1.91. The fourth-order valence-electron chi connectivity index (χ4n) is 10.6. The zero-order valence-corrected chi connectivity index (χ0v) is 35.0. The van der Waals surface area contributed by atoms with Crippen molar-refractivity contribution in [1.82, 2.24) is 0 Å². The molecule has 296 valence electrons. The molecule has 1 aliphatic heterocycles. The Bertz CT molecular complexity index is 3520. The third-order valence-corrected chi connectivity index (χ3v) is 14.3. The monoisotopic (exact) mass is 822 g/mol. The van der Waals surface area contributed by atoms with Gasteiger partial charge in [-0.2, -0.15) is 0 Å². The molecule has 10 aromatic carbocycles. The van der Waals surface area contributed by atoms with Crippen LogP contribution in [0.3, 0.4) is 0 Å². The van der Waals surface area contributed by atoms with Crippen LogP contribution in [-0.2, 0) is 5.41 Å². The Hall–Kier alpha value is -7.79. The van der Waals surface area contributed by atoms with Crippen LogP contribution in [0.2, 0.25) is 0 Å². The maximum Gasteiger partial charge on any atom is 0.137 e. The quantitative estimate of drug-likeness (QED) is 0.166. The van der Waals surface area contributed by atoms with E-state index >= 15 is 0 Å². The van der Waals surface area contributed by atoms with Crippen molar-refractivity contribution in [3.8, 4) is 11.1 Å². The number of hydrogen-bond donors (Lipinski definition) is 0. The number of para-hydroxylation sites is 3. The molecule has 2 aliphatic rings. The van der Waals surface area contributed by atoms with E-state index in [9.17, 15) is 0 Å². The van der Waals surface area contributed by atoms with Gasteiger partial charge >= 0.3 is 0 Å². The van der Waals surface area contributed by atoms with Crippen molar-refractivity contribution in [1.29, 1.82) is 0 Å². The molecule has 13 rings (SSSR count). The third kappa shape index (κ3) is 5.29. The van der Waals surface area contributed by atoms with Crippen molar-refractivity contribution in [3.05, 3.63) is 253 Å². The number of fused-ring (bicyclic) bond motifs is 14. The predicted molar refractivity (Wildman–Crippen MR) is 262 cm³/mol. The SMILES string of the molecule is c1ccc(N(c2ccc3c(c2)oc2cccc(N(c4ccccc4)c4ccccc4)c23)c2cccc3c2-c2ccccc2C32c3ccccc3Sc3c2ccc2ccccc32)cc1. The maximum absolute atomic E-state index is 6.87. The van der Waals surface area contributed by atoms with E-state index in [1.165, 1.54) is 53.9 Å². The first kappa shape index (κ1) is 35.9. The lowest BCUT2D eigenvalue weighted by molar-refractivity contribution is 0.669. The lowest BCUT2D eigenvalue weighted by Crippen LogP contribution is -2.32. The second-order valence-electron chi connectivity index (χ2n) is 16.4. The van der Waals surface area contributed by atoms with E-state index in [0.29, 0.717) is 0 Å². The Balaban J connectivity index is 1.05. The highest BCUT2D eigenvalue weighted by Gasteiger charge is 2.51. The number of benzene rings is 10. The number of hydrogen-bond acceptors (Lipinski definition) is 4. The minimum atomic E-state index is -0.520. The highest BCUT2D eigenvalue weighted by atomic mass is 32.2. The van der Waals surface area contributed by atoms with E-state index in [1.807, 2.05) is 11.8 Å². The fourth-order valence-corrected chi connectivity index (χ4v) is 11.9. The van der Waals surface area contributed by atoms with Crippen LogP contribution < -0.4 is 9.80 Å². The van der Waals surface area contributed by atoms with Gasteiger partial charge in [0.15, 0.2) is 0 Å². The molecule has 1 spiro atoms. The molecule has 0 saturated carbocycles. The summed E-state index contributed by atoms with van der Waals surface area (Å²) in [6, 6.07) is 83.7. The van der Waals surface area contributed by atoms with Gasteiger partial charge in [-0.05, 0) is 111 Å². The van der Waals surface area contributed by atoms with Crippen molar-refractivity contribution >= 4 is 78.6 Å². The fraction of sp³-hybridized carbons (Fsp3) is 0.0169. The molecule has 0 N–H and O–H groups in total. The highest BCUT2D eigenvalue weighted by Crippen LogP contribution is 2.65. The molecule has 2 heterocycles. The van der Waals surface area contributed by atoms with Crippen LogP contribution in [0.4, 0.5) is 34.1 Å². The van der Waals surface area contributed by atoms with Crippen LogP contribution in [0.1, 0.15) is 22.3 Å². The van der Waals surface area contributed by atoms with Gasteiger partial charge in [-0.1, -0.05) is 163 Å². The summed E-state index contributed by atoms with van der Waals surface area (Å²) in [7, 11) is 0. The number of anilines is 6. The van der Waals surface area contributed by atoms with Gasteiger partial charge < -0.3 is 14.2 Å². The Kier molecular flexibility index (Phi) is 8.06. The summed E-state index contributed by atoms with van der Waals surface area (Å²) in [6.45, 7) is 0. The molecule has 11 aromatic rings. The van der Waals surface area contributed by atoms with Crippen LogP contribution in [0.5, 0.6) is 0 Å². The molecule has 4 heteroatoms. The van der Waals surface area contributed by atoms with E-state index in [4.69, 9.17) is 4.42 Å². The minimum absolute atomic E-state index is 0.520. The zero-order chi connectivity index (χ0) is 41.5. The Labute approximate surface area is 370 Å². The van der Waals surface area contributed by atoms with E-state index in [0.717, 1.165) is 56.1 Å². The average molecular weight is 823 g/mol. The summed E-state index contributed by atoms with van der Waals surface area (Å²) < 4.78 is 6.87. The standard InChI is InChI=1S/C59H38N2OS/c1-4-19-40(20-5-1)60(41-21-6-2-7-22-41)52-31-17-32-53-57(52)46-36-35-43(38-54(46)62-53)61(42-23-8-3-9-24-42)51-30-16-29-49-56(51)45-26-12-13-27-47(45)59(49)48-28-14-15-33-55(48)63-58-44-25-11-10-18-39(44)34-37-50(58)59/h1-38H. The molecule has 1 unspecified atom stereocenters. The van der Waals surface area contributed by atoms with Crippen molar-refractivity contribution in [2.24, 2.45) is 0 Å². The Morgan fingerprint density at radius 1 is 0.381 bits per heavy atom. The first-order valence-electron chi connectivity index (χ1n) is 21.5. The van der Waals surface area contributed by atoms with E-state index in [2.05, 4.69) is 240 Å². The van der Waals surface area contributed by atoms with Gasteiger partial charge in [0.1, 0.15) is 11.2 Å². The van der Waals surface area contributed by atoms with Crippen molar-refractivity contribution in [2.75, 3.05) is 9.80 Å². The van der Waals surface area contributed by atoms with Crippen LogP contribution in [-0.4, -0.2) is 0 Å². The summed E-state index contributed by atoms with van der Waals surface area (Å²) in [5, 5.41) is 4.70. The molecular weight excluding hydrogens is 785 g/mol. The lowest BCUT2D eigenvalue weighted by atomic mass is 9.67. The average Bonchev–Trinajstić information content (AvgIpc) is 3.87. The Morgan fingerprint density at radius 3 is 1.75 bits per heavy atom. The van der Waals surface area contributed by atoms with Crippen LogP contribution in [0.25, 0.3) is 43.8 Å². The first-order valence-corrected chi connectivity index (χ1v) is 22.3. The molecule has 0 amide bonds. The normalized spacial score (nSPS) is 14.7. The molecule has 3 nitrogen and oxygen atoms in total. The molecule has 0 saturated heterocycles. The van der Waals surface area contributed by atoms with Crippen LogP contribution >= 0.6 is 11.8 Å². The predicted octanol–water partition coefficient (Wildman–Crippen LogP) is 16.5. The second-order valence-corrected chi connectivity index (χ2v) is 17.4. The molecule has 0 bridgehead atoms. The van der Waals surface area contributed by atoms with Crippen molar-refractivity contribution in [2.45, 2.75) is 15.2 Å². The maximum atomic E-state index is 6.87.